The van der Waals surface area contributed by atoms with Crippen LogP contribution in [0.25, 0.3) is 0 Å². The summed E-state index contributed by atoms with van der Waals surface area (Å²) >= 11 is 0. The summed E-state index contributed by atoms with van der Waals surface area (Å²) < 4.78 is 0. The lowest BCUT2D eigenvalue weighted by Crippen LogP contribution is -2.37. The lowest BCUT2D eigenvalue weighted by molar-refractivity contribution is 0.146. The average Bonchev–Trinajstić information content (AvgIpc) is 3.28. The zero-order valence-corrected chi connectivity index (χ0v) is 18.8. The van der Waals surface area contributed by atoms with E-state index in [-0.39, 0.29) is 28.6 Å². The van der Waals surface area contributed by atoms with Crippen LogP contribution >= 0.6 is 0 Å². The Morgan fingerprint density at radius 3 is 2.28 bits per heavy atom. The highest BCUT2D eigenvalue weighted by Crippen LogP contribution is 2.59. The molecule has 0 aromatic carbocycles. The Bertz CT molecular complexity index is 701. The normalized spacial score (nSPS) is 22.4. The number of likely N-dealkylation sites (tertiary alicyclic amines) is 1. The molecule has 2 aliphatic rings. The van der Waals surface area contributed by atoms with E-state index in [0.717, 1.165) is 6.54 Å². The van der Waals surface area contributed by atoms with Gasteiger partial charge in [-0.25, -0.2) is 0 Å². The Hall–Kier alpha value is -1.95. The molecule has 0 radical (unpaired) electrons. The molecular weight excluding hydrogens is 362 g/mol. The van der Waals surface area contributed by atoms with E-state index in [0.29, 0.717) is 16.7 Å². The lowest BCUT2D eigenvalue weighted by atomic mass is 9.88. The van der Waals surface area contributed by atoms with E-state index in [4.69, 9.17) is 16.2 Å². The lowest BCUT2D eigenvalue weighted by Gasteiger charge is -2.34. The van der Waals surface area contributed by atoms with Crippen LogP contribution in [-0.2, 0) is 0 Å². The van der Waals surface area contributed by atoms with Gasteiger partial charge in [0.15, 0.2) is 0 Å². The quantitative estimate of drug-likeness (QED) is 0.234. The molecule has 5 N–H and O–H groups in total. The highest BCUT2D eigenvalue weighted by Gasteiger charge is 2.54. The van der Waals surface area contributed by atoms with Crippen molar-refractivity contribution in [3.05, 3.63) is 23.5 Å². The van der Waals surface area contributed by atoms with Crippen molar-refractivity contribution in [3.8, 4) is 0 Å². The molecule has 162 valence electrons. The summed E-state index contributed by atoms with van der Waals surface area (Å²) in [5.41, 5.74) is 1.29. The maximum atomic E-state index is 9.63. The fourth-order valence-corrected chi connectivity index (χ4v) is 4.26. The van der Waals surface area contributed by atoms with E-state index in [2.05, 4.69) is 31.0 Å². The first kappa shape index (κ1) is 23.3. The SMILES string of the molecule is CC(=N)/C(C(=N)/C=C\C(=N)NCC1CC12CCN(CCC(C)(C)C)CC2)=C(/C)O. The van der Waals surface area contributed by atoms with Gasteiger partial charge in [0, 0.05) is 12.3 Å². The standard InChI is InChI=1S/C23H39N5O/c1-16(24)21(17(2)29)19(25)6-7-20(26)27-15-18-14-23(18)9-12-28(13-10-23)11-8-22(3,4)5/h6-7,18,24-25,29H,8-15H2,1-5H3,(H2,26,27)/b7-6-,21-17+,24-16?,25-19?. The molecular formula is C23H39N5O. The molecule has 1 saturated heterocycles. The third kappa shape index (κ3) is 6.81. The maximum Gasteiger partial charge on any atom is 0.118 e. The summed E-state index contributed by atoms with van der Waals surface area (Å²) in [6.45, 7) is 14.3. The molecule has 0 aromatic heterocycles. The number of hydrogen-bond donors (Lipinski definition) is 5. The van der Waals surface area contributed by atoms with Crippen molar-refractivity contribution in [1.82, 2.24) is 10.2 Å². The van der Waals surface area contributed by atoms with Gasteiger partial charge in [-0.3, -0.25) is 5.41 Å². The Morgan fingerprint density at radius 1 is 1.14 bits per heavy atom. The third-order valence-corrected chi connectivity index (χ3v) is 6.35. The molecule has 1 heterocycles. The maximum absolute atomic E-state index is 9.63. The molecule has 6 nitrogen and oxygen atoms in total. The smallest absolute Gasteiger partial charge is 0.118 e. The monoisotopic (exact) mass is 401 g/mol. The third-order valence-electron chi connectivity index (χ3n) is 6.35. The Kier molecular flexibility index (Phi) is 7.44. The minimum Gasteiger partial charge on any atom is -0.512 e. The number of amidine groups is 1. The van der Waals surface area contributed by atoms with Gasteiger partial charge in [0.25, 0.3) is 0 Å². The van der Waals surface area contributed by atoms with Gasteiger partial charge in [0.05, 0.1) is 11.3 Å². The van der Waals surface area contributed by atoms with Crippen molar-refractivity contribution in [3.63, 3.8) is 0 Å². The predicted molar refractivity (Wildman–Crippen MR) is 122 cm³/mol. The van der Waals surface area contributed by atoms with Gasteiger partial charge in [-0.15, -0.1) is 0 Å². The van der Waals surface area contributed by atoms with Gasteiger partial charge in [-0.1, -0.05) is 20.8 Å². The summed E-state index contributed by atoms with van der Waals surface area (Å²) in [7, 11) is 0. The van der Waals surface area contributed by atoms with E-state index in [1.165, 1.54) is 58.3 Å². The van der Waals surface area contributed by atoms with Gasteiger partial charge in [0.1, 0.15) is 11.6 Å². The van der Waals surface area contributed by atoms with Gasteiger partial charge in [-0.2, -0.15) is 0 Å². The van der Waals surface area contributed by atoms with Gasteiger partial charge in [0.2, 0.25) is 0 Å². The van der Waals surface area contributed by atoms with Crippen molar-refractivity contribution in [2.75, 3.05) is 26.2 Å². The largest absolute Gasteiger partial charge is 0.512 e. The molecule has 0 aromatic rings. The number of aliphatic hydroxyl groups is 1. The minimum atomic E-state index is -0.0413. The number of nitrogens with zero attached hydrogens (tertiary/aromatic N) is 1. The highest BCUT2D eigenvalue weighted by atomic mass is 16.3. The molecule has 1 atom stereocenters. The van der Waals surface area contributed by atoms with Crippen LogP contribution in [0.2, 0.25) is 0 Å². The number of rotatable bonds is 8. The topological polar surface area (TPSA) is 107 Å². The highest BCUT2D eigenvalue weighted by molar-refractivity contribution is 6.26. The van der Waals surface area contributed by atoms with Crippen LogP contribution < -0.4 is 5.32 Å². The zero-order chi connectivity index (χ0) is 21.8. The second-order valence-corrected chi connectivity index (χ2v) is 10.0. The van der Waals surface area contributed by atoms with Crippen LogP contribution in [-0.4, -0.2) is 53.4 Å². The van der Waals surface area contributed by atoms with E-state index in [1.807, 2.05) is 0 Å². The van der Waals surface area contributed by atoms with Gasteiger partial charge in [-0.05, 0) is 88.1 Å². The van der Waals surface area contributed by atoms with E-state index >= 15 is 0 Å². The van der Waals surface area contributed by atoms with Gasteiger partial charge >= 0.3 is 0 Å². The molecule has 1 unspecified atom stereocenters. The Morgan fingerprint density at radius 2 is 1.76 bits per heavy atom. The van der Waals surface area contributed by atoms with Crippen LogP contribution in [0.15, 0.2) is 23.5 Å². The van der Waals surface area contributed by atoms with Crippen LogP contribution in [0.1, 0.15) is 60.3 Å². The Labute approximate surface area is 176 Å². The van der Waals surface area contributed by atoms with Crippen molar-refractivity contribution in [1.29, 1.82) is 16.2 Å². The predicted octanol–water partition coefficient (Wildman–Crippen LogP) is 4.54. The van der Waals surface area contributed by atoms with Crippen molar-refractivity contribution >= 4 is 17.3 Å². The number of nitrogens with one attached hydrogen (secondary N) is 4. The molecule has 29 heavy (non-hydrogen) atoms. The summed E-state index contributed by atoms with van der Waals surface area (Å²) in [6.07, 6.45) is 8.04. The first-order valence-electron chi connectivity index (χ1n) is 10.7. The fourth-order valence-electron chi connectivity index (χ4n) is 4.26. The molecule has 0 bridgehead atoms. The van der Waals surface area contributed by atoms with E-state index in [1.54, 1.807) is 13.0 Å². The van der Waals surface area contributed by atoms with Gasteiger partial charge < -0.3 is 26.1 Å². The molecule has 0 amide bonds. The molecule has 1 saturated carbocycles. The van der Waals surface area contributed by atoms with Crippen LogP contribution in [0.3, 0.4) is 0 Å². The van der Waals surface area contributed by atoms with Crippen molar-refractivity contribution in [2.45, 2.75) is 60.3 Å². The fraction of sp³-hybridized carbons (Fsp3) is 0.696. The minimum absolute atomic E-state index is 0.0413. The average molecular weight is 402 g/mol. The first-order valence-corrected chi connectivity index (χ1v) is 10.7. The first-order chi connectivity index (χ1) is 13.4. The van der Waals surface area contributed by atoms with Crippen molar-refractivity contribution < 1.29 is 5.11 Å². The summed E-state index contributed by atoms with van der Waals surface area (Å²) in [5, 5.41) is 36.5. The van der Waals surface area contributed by atoms with Crippen molar-refractivity contribution in [2.24, 2.45) is 16.7 Å². The second-order valence-electron chi connectivity index (χ2n) is 10.0. The van der Waals surface area contributed by atoms with E-state index < -0.39 is 0 Å². The van der Waals surface area contributed by atoms with E-state index in [9.17, 15) is 5.11 Å². The number of allylic oxidation sites excluding steroid dienone is 3. The molecule has 2 fully saturated rings. The summed E-state index contributed by atoms with van der Waals surface area (Å²) in [6, 6.07) is 0. The summed E-state index contributed by atoms with van der Waals surface area (Å²) in [4.78, 5) is 2.61. The number of piperidine rings is 1. The molecule has 1 spiro atoms. The molecule has 1 aliphatic heterocycles. The second kappa shape index (κ2) is 9.24. The van der Waals surface area contributed by atoms with Crippen LogP contribution in [0.4, 0.5) is 0 Å². The number of hydrogen-bond acceptors (Lipinski definition) is 5. The van der Waals surface area contributed by atoms with Crippen LogP contribution in [0.5, 0.6) is 0 Å². The molecule has 1 aliphatic carbocycles. The number of aliphatic hydroxyl groups excluding tert-OH is 1. The zero-order valence-electron chi connectivity index (χ0n) is 18.8. The molecule has 6 heteroatoms. The van der Waals surface area contributed by atoms with Crippen LogP contribution in [0, 0.1) is 33.0 Å². The molecule has 2 rings (SSSR count). The Balaban J connectivity index is 1.73. The summed E-state index contributed by atoms with van der Waals surface area (Å²) in [5.74, 6) is 0.872.